The van der Waals surface area contributed by atoms with Crippen LogP contribution >= 0.6 is 0 Å². The van der Waals surface area contributed by atoms with Gasteiger partial charge < -0.3 is 9.53 Å². The van der Waals surface area contributed by atoms with E-state index in [0.29, 0.717) is 0 Å². The van der Waals surface area contributed by atoms with Gasteiger partial charge in [-0.15, -0.1) is 0 Å². The molecule has 0 saturated carbocycles. The summed E-state index contributed by atoms with van der Waals surface area (Å²) < 4.78 is 34.1. The fourth-order valence-corrected chi connectivity index (χ4v) is 4.32. The Morgan fingerprint density at radius 2 is 1.85 bits per heavy atom. The summed E-state index contributed by atoms with van der Waals surface area (Å²) in [6.07, 6.45) is 0. The molecule has 0 aromatic heterocycles. The van der Waals surface area contributed by atoms with Gasteiger partial charge in [0.05, 0.1) is 30.2 Å². The van der Waals surface area contributed by atoms with Crippen molar-refractivity contribution >= 4 is 18.3 Å². The molecule has 10 heteroatoms. The van der Waals surface area contributed by atoms with E-state index in [0.717, 1.165) is 5.56 Å². The topological polar surface area (TPSA) is 124 Å². The number of hydrogen-bond acceptors (Lipinski definition) is 5. The number of hydrogen-bond donors (Lipinski definition) is 2. The van der Waals surface area contributed by atoms with Gasteiger partial charge in [0, 0.05) is 4.91 Å². The van der Waals surface area contributed by atoms with Crippen molar-refractivity contribution in [3.8, 4) is 0 Å². The molecule has 2 atom stereocenters. The molecule has 152 valence electrons. The van der Waals surface area contributed by atoms with Crippen molar-refractivity contribution in [3.05, 3.63) is 40.3 Å². The average molecular weight is 415 g/mol. The number of benzene rings is 1. The quantitative estimate of drug-likeness (QED) is 0.278. The smallest absolute Gasteiger partial charge is 0.240 e. The summed E-state index contributed by atoms with van der Waals surface area (Å²) in [7, 11) is -6.02. The van der Waals surface area contributed by atoms with Crippen molar-refractivity contribution in [2.24, 2.45) is 5.11 Å². The first-order valence-electron chi connectivity index (χ1n) is 8.72. The van der Waals surface area contributed by atoms with Crippen molar-refractivity contribution in [1.29, 1.82) is 0 Å². The van der Waals surface area contributed by atoms with E-state index < -0.39 is 37.0 Å². The summed E-state index contributed by atoms with van der Waals surface area (Å²) in [4.78, 5) is 2.82. The lowest BCUT2D eigenvalue weighted by atomic mass is 10.2. The molecule has 0 amide bonds. The summed E-state index contributed by atoms with van der Waals surface area (Å²) in [5.41, 5.74) is 9.70. The Kier molecular flexibility index (Phi) is 8.03. The van der Waals surface area contributed by atoms with Gasteiger partial charge in [-0.1, -0.05) is 43.6 Å². The number of azide groups is 1. The highest BCUT2D eigenvalue weighted by molar-refractivity contribution is 7.89. The lowest BCUT2D eigenvalue weighted by Gasteiger charge is -2.38. The van der Waals surface area contributed by atoms with Gasteiger partial charge in [0.25, 0.3) is 0 Å². The minimum Gasteiger partial charge on any atom is -0.415 e. The molecular formula is C17H30N4O4SSi. The third-order valence-electron chi connectivity index (χ3n) is 4.92. The molecule has 0 saturated heterocycles. The predicted octanol–water partition coefficient (Wildman–Crippen LogP) is 3.33. The van der Waals surface area contributed by atoms with Gasteiger partial charge in [0.15, 0.2) is 8.32 Å². The first kappa shape index (κ1) is 23.6. The molecule has 0 radical (unpaired) electrons. The van der Waals surface area contributed by atoms with E-state index in [9.17, 15) is 13.5 Å². The van der Waals surface area contributed by atoms with Crippen LogP contribution in [0.15, 0.2) is 34.3 Å². The van der Waals surface area contributed by atoms with Gasteiger partial charge in [-0.2, -0.15) is 0 Å². The molecule has 2 N–H and O–H groups in total. The highest BCUT2D eigenvalue weighted by Gasteiger charge is 2.38. The van der Waals surface area contributed by atoms with Crippen LogP contribution in [0.3, 0.4) is 0 Å². The standard InChI is InChI=1S/C17H30N4O4SSi/c1-13-7-9-14(10-8-13)26(23,24)20-16(15(11-22)19-21-18)12-25-27(5,6)17(2,3)4/h7-10,15-16,20,22H,11-12H2,1-6H3/t15-,16-/m1/s1. The second kappa shape index (κ2) is 9.18. The molecule has 1 aromatic rings. The molecule has 0 heterocycles. The number of aliphatic hydroxyl groups is 1. The van der Waals surface area contributed by atoms with Gasteiger partial charge in [-0.25, -0.2) is 13.1 Å². The third-order valence-corrected chi connectivity index (χ3v) is 10.9. The number of nitrogens with zero attached hydrogens (tertiary/aromatic N) is 3. The van der Waals surface area contributed by atoms with Gasteiger partial charge >= 0.3 is 0 Å². The van der Waals surface area contributed by atoms with Crippen molar-refractivity contribution < 1.29 is 18.0 Å². The predicted molar refractivity (Wildman–Crippen MR) is 108 cm³/mol. The zero-order chi connectivity index (χ0) is 20.9. The lowest BCUT2D eigenvalue weighted by molar-refractivity contribution is 0.193. The monoisotopic (exact) mass is 414 g/mol. The van der Waals surface area contributed by atoms with E-state index >= 15 is 0 Å². The van der Waals surface area contributed by atoms with Crippen molar-refractivity contribution in [1.82, 2.24) is 4.72 Å². The molecule has 0 unspecified atom stereocenters. The first-order chi connectivity index (χ1) is 12.3. The van der Waals surface area contributed by atoms with Crippen molar-refractivity contribution in [2.75, 3.05) is 13.2 Å². The van der Waals surface area contributed by atoms with E-state index in [-0.39, 0.29) is 16.5 Å². The van der Waals surface area contributed by atoms with E-state index in [1.807, 2.05) is 20.0 Å². The fraction of sp³-hybridized carbons (Fsp3) is 0.647. The van der Waals surface area contributed by atoms with Crippen LogP contribution in [0, 0.1) is 6.92 Å². The maximum Gasteiger partial charge on any atom is 0.240 e. The van der Waals surface area contributed by atoms with Crippen LogP contribution in [0.5, 0.6) is 0 Å². The number of sulfonamides is 1. The molecule has 0 fully saturated rings. The van der Waals surface area contributed by atoms with E-state index in [1.165, 1.54) is 12.1 Å². The van der Waals surface area contributed by atoms with Gasteiger partial charge in [0.1, 0.15) is 0 Å². The first-order valence-corrected chi connectivity index (χ1v) is 13.1. The van der Waals surface area contributed by atoms with Crippen LogP contribution in [-0.2, 0) is 14.4 Å². The Morgan fingerprint density at radius 1 is 1.30 bits per heavy atom. The fourth-order valence-electron chi connectivity index (χ4n) is 2.03. The van der Waals surface area contributed by atoms with E-state index in [2.05, 4.69) is 35.5 Å². The van der Waals surface area contributed by atoms with Crippen LogP contribution in [-0.4, -0.2) is 47.1 Å². The third kappa shape index (κ3) is 6.60. The number of rotatable bonds is 9. The molecule has 8 nitrogen and oxygen atoms in total. The van der Waals surface area contributed by atoms with Crippen LogP contribution in [0.2, 0.25) is 18.1 Å². The molecule has 0 aliphatic rings. The zero-order valence-corrected chi connectivity index (χ0v) is 18.6. The minimum atomic E-state index is -3.86. The number of aryl methyl sites for hydroxylation is 1. The molecule has 1 aromatic carbocycles. The summed E-state index contributed by atoms with van der Waals surface area (Å²) in [5.74, 6) is 0. The lowest BCUT2D eigenvalue weighted by Crippen LogP contribution is -2.51. The molecule has 1 rings (SSSR count). The molecule has 0 bridgehead atoms. The maximum atomic E-state index is 12.7. The summed E-state index contributed by atoms with van der Waals surface area (Å²) >= 11 is 0. The Hall–Kier alpha value is -1.42. The van der Waals surface area contributed by atoms with Crippen molar-refractivity contribution in [3.63, 3.8) is 0 Å². The van der Waals surface area contributed by atoms with Crippen LogP contribution in [0.1, 0.15) is 26.3 Å². The van der Waals surface area contributed by atoms with Gasteiger partial charge in [-0.3, -0.25) is 0 Å². The van der Waals surface area contributed by atoms with E-state index in [4.69, 9.17) is 9.96 Å². The molecule has 0 aliphatic carbocycles. The van der Waals surface area contributed by atoms with Crippen LogP contribution in [0.25, 0.3) is 10.4 Å². The van der Waals surface area contributed by atoms with Crippen molar-refractivity contribution in [2.45, 2.75) is 62.8 Å². The second-order valence-electron chi connectivity index (χ2n) is 8.07. The summed E-state index contributed by atoms with van der Waals surface area (Å²) in [5, 5.41) is 13.0. The maximum absolute atomic E-state index is 12.7. The molecule has 0 spiro atoms. The Labute approximate surface area is 162 Å². The highest BCUT2D eigenvalue weighted by Crippen LogP contribution is 2.36. The molecular weight excluding hydrogens is 384 g/mol. The SMILES string of the molecule is Cc1ccc(S(=O)(=O)N[C@H](CO[Si](C)(C)C(C)(C)C)[C@@H](CO)N=[N+]=[N-])cc1. The normalized spacial score (nSPS) is 15.1. The Morgan fingerprint density at radius 3 is 2.30 bits per heavy atom. The Bertz CT molecular complexity index is 769. The largest absolute Gasteiger partial charge is 0.415 e. The second-order valence-corrected chi connectivity index (χ2v) is 14.6. The summed E-state index contributed by atoms with van der Waals surface area (Å²) in [6.45, 7) is 11.7. The Balaban J connectivity index is 3.11. The molecule has 0 aliphatic heterocycles. The van der Waals surface area contributed by atoms with Crippen LogP contribution < -0.4 is 4.72 Å². The number of nitrogens with one attached hydrogen (secondary N) is 1. The summed E-state index contributed by atoms with van der Waals surface area (Å²) in [6, 6.07) is 4.56. The van der Waals surface area contributed by atoms with Gasteiger partial charge in [0.2, 0.25) is 10.0 Å². The van der Waals surface area contributed by atoms with Crippen LogP contribution in [0.4, 0.5) is 0 Å². The number of aliphatic hydroxyl groups excluding tert-OH is 1. The van der Waals surface area contributed by atoms with Gasteiger partial charge in [-0.05, 0) is 42.7 Å². The minimum absolute atomic E-state index is 0.00578. The van der Waals surface area contributed by atoms with E-state index in [1.54, 1.807) is 12.1 Å². The molecule has 27 heavy (non-hydrogen) atoms. The average Bonchev–Trinajstić information content (AvgIpc) is 2.56. The highest BCUT2D eigenvalue weighted by atomic mass is 32.2. The zero-order valence-electron chi connectivity index (χ0n) is 16.8.